The van der Waals surface area contributed by atoms with Gasteiger partial charge in [0.2, 0.25) is 15.9 Å². The molecule has 9 heteroatoms. The van der Waals surface area contributed by atoms with Crippen LogP contribution in [0.3, 0.4) is 0 Å². The number of esters is 1. The van der Waals surface area contributed by atoms with Crippen LogP contribution in [0.4, 0.5) is 0 Å². The number of piperidine rings is 1. The SMILES string of the molecule is CCOC(=O)c1c(C)[nH]c(C)c1S(=O)(=O)N1CCCC(C(=O)NC(C)C)C1. The highest BCUT2D eigenvalue weighted by atomic mass is 32.2. The molecule has 0 spiro atoms. The number of ether oxygens (including phenoxy) is 1. The fourth-order valence-corrected chi connectivity index (χ4v) is 5.37. The molecule has 1 aromatic heterocycles. The summed E-state index contributed by atoms with van der Waals surface area (Å²) in [6.45, 7) is 9.25. The Morgan fingerprint density at radius 2 is 1.96 bits per heavy atom. The van der Waals surface area contributed by atoms with Crippen molar-refractivity contribution in [2.75, 3.05) is 19.7 Å². The Kier molecular flexibility index (Phi) is 6.69. The molecule has 2 rings (SSSR count). The molecule has 152 valence electrons. The predicted octanol–water partition coefficient (Wildman–Crippen LogP) is 1.73. The molecule has 1 unspecified atom stereocenters. The van der Waals surface area contributed by atoms with E-state index >= 15 is 0 Å². The van der Waals surface area contributed by atoms with Gasteiger partial charge in [0.1, 0.15) is 10.5 Å². The van der Waals surface area contributed by atoms with E-state index in [1.165, 1.54) is 4.31 Å². The zero-order valence-electron chi connectivity index (χ0n) is 16.6. The Morgan fingerprint density at radius 3 is 2.56 bits per heavy atom. The standard InChI is InChI=1S/C18H29N3O5S/c1-6-26-18(23)15-12(4)20-13(5)16(15)27(24,25)21-9-7-8-14(10-21)17(22)19-11(2)3/h11,14,20H,6-10H2,1-5H3,(H,19,22). The number of aromatic amines is 1. The van der Waals surface area contributed by atoms with Crippen molar-refractivity contribution in [3.8, 4) is 0 Å². The predicted molar refractivity (Wildman–Crippen MR) is 101 cm³/mol. The first-order valence-corrected chi connectivity index (χ1v) is 10.7. The number of amides is 1. The minimum absolute atomic E-state index is 0.00512. The van der Waals surface area contributed by atoms with E-state index in [0.29, 0.717) is 30.8 Å². The van der Waals surface area contributed by atoms with E-state index in [2.05, 4.69) is 10.3 Å². The number of aryl methyl sites for hydroxylation is 2. The molecule has 27 heavy (non-hydrogen) atoms. The van der Waals surface area contributed by atoms with Gasteiger partial charge in [0.15, 0.2) is 0 Å². The first-order valence-electron chi connectivity index (χ1n) is 9.26. The summed E-state index contributed by atoms with van der Waals surface area (Å²) in [5.74, 6) is -1.20. The summed E-state index contributed by atoms with van der Waals surface area (Å²) in [7, 11) is -3.94. The minimum Gasteiger partial charge on any atom is -0.462 e. The maximum Gasteiger partial charge on any atom is 0.341 e. The monoisotopic (exact) mass is 399 g/mol. The average molecular weight is 400 g/mol. The van der Waals surface area contributed by atoms with Gasteiger partial charge in [-0.15, -0.1) is 0 Å². The lowest BCUT2D eigenvalue weighted by Crippen LogP contribution is -2.46. The van der Waals surface area contributed by atoms with Crippen LogP contribution in [0.2, 0.25) is 0 Å². The molecule has 8 nitrogen and oxygen atoms in total. The van der Waals surface area contributed by atoms with Gasteiger partial charge < -0.3 is 15.0 Å². The molecule has 0 aliphatic carbocycles. The Hall–Kier alpha value is -1.87. The van der Waals surface area contributed by atoms with Gasteiger partial charge in [0.05, 0.1) is 12.5 Å². The summed E-state index contributed by atoms with van der Waals surface area (Å²) in [5.41, 5.74) is 0.892. The van der Waals surface area contributed by atoms with Crippen molar-refractivity contribution in [2.45, 2.75) is 58.4 Å². The van der Waals surface area contributed by atoms with Crippen molar-refractivity contribution in [3.05, 3.63) is 17.0 Å². The first kappa shape index (κ1) is 21.4. The van der Waals surface area contributed by atoms with Gasteiger partial charge in [-0.1, -0.05) is 0 Å². The molecular weight excluding hydrogens is 370 g/mol. The molecule has 0 bridgehead atoms. The van der Waals surface area contributed by atoms with E-state index < -0.39 is 21.9 Å². The first-order chi connectivity index (χ1) is 12.6. The second-order valence-corrected chi connectivity index (χ2v) is 9.04. The summed E-state index contributed by atoms with van der Waals surface area (Å²) in [4.78, 5) is 27.6. The summed E-state index contributed by atoms with van der Waals surface area (Å²) >= 11 is 0. The zero-order valence-corrected chi connectivity index (χ0v) is 17.4. The fourth-order valence-electron chi connectivity index (χ4n) is 3.44. The van der Waals surface area contributed by atoms with Crippen LogP contribution in [0.15, 0.2) is 4.90 Å². The van der Waals surface area contributed by atoms with Crippen molar-refractivity contribution in [2.24, 2.45) is 5.92 Å². The lowest BCUT2D eigenvalue weighted by atomic mass is 9.98. The minimum atomic E-state index is -3.94. The van der Waals surface area contributed by atoms with Crippen LogP contribution in [0, 0.1) is 19.8 Å². The van der Waals surface area contributed by atoms with Gasteiger partial charge in [-0.25, -0.2) is 13.2 Å². The molecule has 1 saturated heterocycles. The van der Waals surface area contributed by atoms with Crippen molar-refractivity contribution < 1.29 is 22.7 Å². The Balaban J connectivity index is 2.36. The number of sulfonamides is 1. The summed E-state index contributed by atoms with van der Waals surface area (Å²) in [6.07, 6.45) is 1.23. The van der Waals surface area contributed by atoms with Gasteiger partial charge >= 0.3 is 5.97 Å². The van der Waals surface area contributed by atoms with Crippen LogP contribution < -0.4 is 5.32 Å². The summed E-state index contributed by atoms with van der Waals surface area (Å²) in [5, 5.41) is 2.85. The van der Waals surface area contributed by atoms with Crippen molar-refractivity contribution in [1.82, 2.24) is 14.6 Å². The van der Waals surface area contributed by atoms with Crippen LogP contribution in [-0.4, -0.2) is 55.3 Å². The van der Waals surface area contributed by atoms with Crippen molar-refractivity contribution in [3.63, 3.8) is 0 Å². The normalized spacial score (nSPS) is 18.5. The van der Waals surface area contributed by atoms with Crippen molar-refractivity contribution >= 4 is 21.9 Å². The number of carbonyl (C=O) groups is 2. The summed E-state index contributed by atoms with van der Waals surface area (Å²) < 4.78 is 33.0. The number of nitrogens with zero attached hydrogens (tertiary/aromatic N) is 1. The van der Waals surface area contributed by atoms with Crippen molar-refractivity contribution in [1.29, 1.82) is 0 Å². The summed E-state index contributed by atoms with van der Waals surface area (Å²) in [6, 6.07) is -0.00512. The van der Waals surface area contributed by atoms with Gasteiger partial charge in [0.25, 0.3) is 0 Å². The molecule has 1 aliphatic heterocycles. The average Bonchev–Trinajstić information content (AvgIpc) is 2.89. The molecule has 0 radical (unpaired) electrons. The highest BCUT2D eigenvalue weighted by Gasteiger charge is 2.38. The van der Waals surface area contributed by atoms with Crippen LogP contribution in [0.25, 0.3) is 0 Å². The Bertz CT molecular complexity index is 813. The highest BCUT2D eigenvalue weighted by Crippen LogP contribution is 2.30. The van der Waals surface area contributed by atoms with Crippen LogP contribution in [0.1, 0.15) is 55.4 Å². The third-order valence-electron chi connectivity index (χ3n) is 4.58. The maximum atomic E-state index is 13.3. The number of nitrogens with one attached hydrogen (secondary N) is 2. The molecule has 1 amide bonds. The number of hydrogen-bond donors (Lipinski definition) is 2. The molecule has 1 fully saturated rings. The van der Waals surface area contributed by atoms with Crippen LogP contribution in [0.5, 0.6) is 0 Å². The van der Waals surface area contributed by atoms with Gasteiger partial charge in [-0.3, -0.25) is 4.79 Å². The molecule has 1 atom stereocenters. The van der Waals surface area contributed by atoms with Gasteiger partial charge in [-0.05, 0) is 47.5 Å². The lowest BCUT2D eigenvalue weighted by Gasteiger charge is -2.31. The number of H-pyrrole nitrogens is 1. The molecule has 1 aliphatic rings. The molecule has 2 N–H and O–H groups in total. The lowest BCUT2D eigenvalue weighted by molar-refractivity contribution is -0.126. The number of hydrogen-bond acceptors (Lipinski definition) is 5. The Labute approximate surface area is 160 Å². The van der Waals surface area contributed by atoms with E-state index in [1.807, 2.05) is 13.8 Å². The Morgan fingerprint density at radius 1 is 1.30 bits per heavy atom. The van der Waals surface area contributed by atoms with Gasteiger partial charge in [-0.2, -0.15) is 4.31 Å². The van der Waals surface area contributed by atoms with E-state index in [1.54, 1.807) is 20.8 Å². The quantitative estimate of drug-likeness (QED) is 0.708. The zero-order chi connectivity index (χ0) is 20.4. The smallest absolute Gasteiger partial charge is 0.341 e. The number of aromatic nitrogens is 1. The van der Waals surface area contributed by atoms with Crippen LogP contribution >= 0.6 is 0 Å². The third kappa shape index (κ3) is 4.52. The third-order valence-corrected chi connectivity index (χ3v) is 6.62. The van der Waals surface area contributed by atoms with E-state index in [9.17, 15) is 18.0 Å². The maximum absolute atomic E-state index is 13.3. The second-order valence-electron chi connectivity index (χ2n) is 7.17. The molecule has 2 heterocycles. The van der Waals surface area contributed by atoms with Crippen LogP contribution in [-0.2, 0) is 19.6 Å². The molecular formula is C18H29N3O5S. The van der Waals surface area contributed by atoms with E-state index in [0.717, 1.165) is 0 Å². The largest absolute Gasteiger partial charge is 0.462 e. The molecule has 1 aromatic rings. The van der Waals surface area contributed by atoms with E-state index in [-0.39, 0.29) is 35.6 Å². The second kappa shape index (κ2) is 8.43. The topological polar surface area (TPSA) is 109 Å². The fraction of sp³-hybridized carbons (Fsp3) is 0.667. The highest BCUT2D eigenvalue weighted by molar-refractivity contribution is 7.89. The van der Waals surface area contributed by atoms with Gasteiger partial charge in [0, 0.05) is 30.5 Å². The number of rotatable bonds is 6. The van der Waals surface area contributed by atoms with E-state index in [4.69, 9.17) is 4.74 Å². The molecule has 0 aromatic carbocycles. The number of carbonyl (C=O) groups excluding carboxylic acids is 2. The molecule has 0 saturated carbocycles.